The Morgan fingerprint density at radius 1 is 1.21 bits per heavy atom. The molecule has 1 saturated carbocycles. The number of aromatic amines is 1. The van der Waals surface area contributed by atoms with E-state index in [1.54, 1.807) is 30.7 Å². The average Bonchev–Trinajstić information content (AvgIpc) is 3.14. The molecule has 1 N–H and O–H groups in total. The number of rotatable bonds is 7. The van der Waals surface area contributed by atoms with Crippen LogP contribution in [-0.4, -0.2) is 31.3 Å². The summed E-state index contributed by atoms with van der Waals surface area (Å²) in [6.45, 7) is 0.632. The summed E-state index contributed by atoms with van der Waals surface area (Å²) in [6.07, 6.45) is 15.5. The molecule has 0 spiro atoms. The van der Waals surface area contributed by atoms with Gasteiger partial charge in [0.2, 0.25) is 5.88 Å². The van der Waals surface area contributed by atoms with Crippen molar-refractivity contribution < 1.29 is 4.74 Å². The van der Waals surface area contributed by atoms with Crippen molar-refractivity contribution in [2.24, 2.45) is 5.92 Å². The maximum atomic E-state index is 12.7. The molecule has 0 saturated heterocycles. The van der Waals surface area contributed by atoms with E-state index in [1.165, 1.54) is 49.5 Å². The van der Waals surface area contributed by atoms with Crippen molar-refractivity contribution in [2.75, 3.05) is 6.61 Å². The van der Waals surface area contributed by atoms with Crippen molar-refractivity contribution >= 4 is 0 Å². The lowest BCUT2D eigenvalue weighted by molar-refractivity contribution is 0.262. The standard InChI is InChI=1S/C21H25N5O2/c27-21-18(17-9-4-10-22-13-17)14-25-26(21)19-12-20(24-15-23-19)28-11-5-8-16-6-2-1-3-7-16/h4,9-10,12-16,25H,1-3,5-8,11H2. The molecule has 3 aromatic rings. The molecule has 7 nitrogen and oxygen atoms in total. The second kappa shape index (κ2) is 8.82. The third-order valence-electron chi connectivity index (χ3n) is 5.33. The van der Waals surface area contributed by atoms with Gasteiger partial charge >= 0.3 is 0 Å². The fourth-order valence-corrected chi connectivity index (χ4v) is 3.82. The molecule has 1 aliphatic carbocycles. The second-order valence-electron chi connectivity index (χ2n) is 7.28. The Hall–Kier alpha value is -2.96. The molecule has 4 rings (SSSR count). The minimum atomic E-state index is -0.185. The van der Waals surface area contributed by atoms with E-state index < -0.39 is 0 Å². The van der Waals surface area contributed by atoms with Crippen molar-refractivity contribution in [3.05, 3.63) is 53.5 Å². The monoisotopic (exact) mass is 379 g/mol. The molecule has 0 bridgehead atoms. The van der Waals surface area contributed by atoms with Crippen molar-refractivity contribution in [3.63, 3.8) is 0 Å². The van der Waals surface area contributed by atoms with Crippen molar-refractivity contribution in [2.45, 2.75) is 44.9 Å². The topological polar surface area (TPSA) is 85.7 Å². The number of nitrogens with zero attached hydrogens (tertiary/aromatic N) is 4. The van der Waals surface area contributed by atoms with E-state index in [4.69, 9.17) is 4.74 Å². The molecule has 0 unspecified atom stereocenters. The molecule has 3 heterocycles. The Morgan fingerprint density at radius 3 is 2.93 bits per heavy atom. The Kier molecular flexibility index (Phi) is 5.80. The van der Waals surface area contributed by atoms with Gasteiger partial charge in [-0.15, -0.1) is 0 Å². The molecule has 28 heavy (non-hydrogen) atoms. The maximum Gasteiger partial charge on any atom is 0.280 e. The van der Waals surface area contributed by atoms with Gasteiger partial charge in [-0.1, -0.05) is 38.2 Å². The molecule has 0 aliphatic heterocycles. The molecular formula is C21H25N5O2. The van der Waals surface area contributed by atoms with Crippen LogP contribution in [0.5, 0.6) is 5.88 Å². The van der Waals surface area contributed by atoms with Crippen LogP contribution < -0.4 is 10.3 Å². The van der Waals surface area contributed by atoms with Crippen LogP contribution in [0.15, 0.2) is 47.9 Å². The molecule has 146 valence electrons. The summed E-state index contributed by atoms with van der Waals surface area (Å²) >= 11 is 0. The fraction of sp³-hybridized carbons (Fsp3) is 0.429. The first kappa shape index (κ1) is 18.4. The number of aromatic nitrogens is 5. The molecule has 7 heteroatoms. The van der Waals surface area contributed by atoms with Crippen LogP contribution in [0.3, 0.4) is 0 Å². The van der Waals surface area contributed by atoms with Crippen molar-refractivity contribution in [1.82, 2.24) is 24.7 Å². The number of pyridine rings is 1. The van der Waals surface area contributed by atoms with Crippen LogP contribution in [0.4, 0.5) is 0 Å². The van der Waals surface area contributed by atoms with Gasteiger partial charge in [-0.25, -0.2) is 14.6 Å². The summed E-state index contributed by atoms with van der Waals surface area (Å²) in [5.41, 5.74) is 1.12. The molecule has 3 aromatic heterocycles. The van der Waals surface area contributed by atoms with Gasteiger partial charge in [0.05, 0.1) is 12.2 Å². The van der Waals surface area contributed by atoms with Gasteiger partial charge in [-0.2, -0.15) is 0 Å². The highest BCUT2D eigenvalue weighted by atomic mass is 16.5. The second-order valence-corrected chi connectivity index (χ2v) is 7.28. The number of hydrogen-bond acceptors (Lipinski definition) is 5. The van der Waals surface area contributed by atoms with E-state index in [9.17, 15) is 4.79 Å². The minimum absolute atomic E-state index is 0.185. The Morgan fingerprint density at radius 2 is 2.11 bits per heavy atom. The van der Waals surface area contributed by atoms with E-state index in [2.05, 4.69) is 20.1 Å². The van der Waals surface area contributed by atoms with E-state index in [0.717, 1.165) is 17.9 Å². The van der Waals surface area contributed by atoms with Gasteiger partial charge in [0.25, 0.3) is 5.56 Å². The highest BCUT2D eigenvalue weighted by Crippen LogP contribution is 2.27. The van der Waals surface area contributed by atoms with Gasteiger partial charge in [0, 0.05) is 30.2 Å². The third kappa shape index (κ3) is 4.30. The van der Waals surface area contributed by atoms with Crippen LogP contribution in [0.1, 0.15) is 44.9 Å². The predicted octanol–water partition coefficient (Wildman–Crippen LogP) is 3.76. The first-order chi connectivity index (χ1) is 13.8. The zero-order chi connectivity index (χ0) is 19.2. The molecule has 0 amide bonds. The van der Waals surface area contributed by atoms with Crippen molar-refractivity contribution in [1.29, 1.82) is 0 Å². The van der Waals surface area contributed by atoms with Crippen LogP contribution in [-0.2, 0) is 0 Å². The Balaban J connectivity index is 1.40. The van der Waals surface area contributed by atoms with Gasteiger partial charge in [0.1, 0.15) is 6.33 Å². The lowest BCUT2D eigenvalue weighted by atomic mass is 9.86. The predicted molar refractivity (Wildman–Crippen MR) is 107 cm³/mol. The Labute approximate surface area is 163 Å². The van der Waals surface area contributed by atoms with Gasteiger partial charge in [0.15, 0.2) is 5.82 Å². The van der Waals surface area contributed by atoms with E-state index in [1.807, 2.05) is 6.07 Å². The quantitative estimate of drug-likeness (QED) is 0.632. The first-order valence-corrected chi connectivity index (χ1v) is 9.97. The summed E-state index contributed by atoms with van der Waals surface area (Å²) < 4.78 is 7.19. The minimum Gasteiger partial charge on any atom is -0.478 e. The molecule has 0 atom stereocenters. The maximum absolute atomic E-state index is 12.7. The summed E-state index contributed by atoms with van der Waals surface area (Å²) in [6, 6.07) is 5.34. The lowest BCUT2D eigenvalue weighted by Gasteiger charge is -2.21. The molecule has 0 aromatic carbocycles. The highest BCUT2D eigenvalue weighted by Gasteiger charge is 2.14. The fourth-order valence-electron chi connectivity index (χ4n) is 3.82. The largest absolute Gasteiger partial charge is 0.478 e. The molecule has 0 radical (unpaired) electrons. The average molecular weight is 379 g/mol. The molecular weight excluding hydrogens is 354 g/mol. The number of hydrogen-bond donors (Lipinski definition) is 1. The van der Waals surface area contributed by atoms with Crippen molar-refractivity contribution in [3.8, 4) is 22.8 Å². The highest BCUT2D eigenvalue weighted by molar-refractivity contribution is 5.60. The van der Waals surface area contributed by atoms with Crippen LogP contribution >= 0.6 is 0 Å². The van der Waals surface area contributed by atoms with Gasteiger partial charge < -0.3 is 4.74 Å². The summed E-state index contributed by atoms with van der Waals surface area (Å²) in [7, 11) is 0. The Bertz CT molecular complexity index is 945. The zero-order valence-corrected chi connectivity index (χ0v) is 15.9. The van der Waals surface area contributed by atoms with Gasteiger partial charge in [-0.3, -0.25) is 14.9 Å². The van der Waals surface area contributed by atoms with E-state index >= 15 is 0 Å². The SMILES string of the molecule is O=c1c(-c2cccnc2)c[nH]n1-c1cc(OCCCC2CCCCC2)ncn1. The van der Waals surface area contributed by atoms with E-state index in [-0.39, 0.29) is 5.56 Å². The summed E-state index contributed by atoms with van der Waals surface area (Å²) in [5, 5.41) is 2.96. The molecule has 1 fully saturated rings. The van der Waals surface area contributed by atoms with E-state index in [0.29, 0.717) is 23.9 Å². The zero-order valence-electron chi connectivity index (χ0n) is 15.9. The van der Waals surface area contributed by atoms with Gasteiger partial charge in [-0.05, 0) is 24.8 Å². The third-order valence-corrected chi connectivity index (χ3v) is 5.33. The van der Waals surface area contributed by atoms with Crippen LogP contribution in [0, 0.1) is 5.92 Å². The van der Waals surface area contributed by atoms with Crippen LogP contribution in [0.25, 0.3) is 16.9 Å². The normalized spacial score (nSPS) is 14.9. The number of H-pyrrole nitrogens is 1. The smallest absolute Gasteiger partial charge is 0.280 e. The van der Waals surface area contributed by atoms with Crippen LogP contribution in [0.2, 0.25) is 0 Å². The molecule has 1 aliphatic rings. The summed E-state index contributed by atoms with van der Waals surface area (Å²) in [4.78, 5) is 25.2. The lowest BCUT2D eigenvalue weighted by Crippen LogP contribution is -2.17. The number of ether oxygens (including phenoxy) is 1. The summed E-state index contributed by atoms with van der Waals surface area (Å²) in [5.74, 6) is 1.79. The first-order valence-electron chi connectivity index (χ1n) is 9.97. The number of nitrogens with one attached hydrogen (secondary N) is 1.